The summed E-state index contributed by atoms with van der Waals surface area (Å²) in [4.78, 5) is 40.2. The zero-order valence-corrected chi connectivity index (χ0v) is 31.0. The third-order valence-electron chi connectivity index (χ3n) is 10.8. The molecule has 4 heterocycles. The molecule has 10 heteroatoms. The van der Waals surface area contributed by atoms with Gasteiger partial charge in [0.15, 0.2) is 0 Å². The summed E-state index contributed by atoms with van der Waals surface area (Å²) in [6.45, 7) is 9.11. The number of para-hydroxylation sites is 2. The Bertz CT molecular complexity index is 1860. The smallest absolute Gasteiger partial charge is 0.262 e. The van der Waals surface area contributed by atoms with Gasteiger partial charge in [0.25, 0.3) is 11.8 Å². The maximum absolute atomic E-state index is 12.5. The Morgan fingerprint density at radius 3 is 1.96 bits per heavy atom. The number of carbonyl (C=O) groups excluding carboxylic acids is 2. The highest BCUT2D eigenvalue weighted by Crippen LogP contribution is 2.35. The van der Waals surface area contributed by atoms with Gasteiger partial charge in [-0.25, -0.2) is 4.98 Å². The van der Waals surface area contributed by atoms with Crippen molar-refractivity contribution in [3.05, 3.63) is 119 Å². The molecule has 4 aliphatic rings. The van der Waals surface area contributed by atoms with Crippen LogP contribution in [0.1, 0.15) is 51.1 Å². The fourth-order valence-corrected chi connectivity index (χ4v) is 7.88. The number of amides is 2. The van der Waals surface area contributed by atoms with Gasteiger partial charge in [-0.15, -0.1) is 0 Å². The highest BCUT2D eigenvalue weighted by Gasteiger charge is 2.36. The number of piperazine rings is 2. The lowest BCUT2D eigenvalue weighted by Gasteiger charge is -2.37. The third-order valence-corrected chi connectivity index (χ3v) is 10.8. The Hall–Kier alpha value is -5.19. The van der Waals surface area contributed by atoms with E-state index in [2.05, 4.69) is 67.1 Å². The van der Waals surface area contributed by atoms with Gasteiger partial charge in [0.2, 0.25) is 0 Å². The lowest BCUT2D eigenvalue weighted by atomic mass is 9.88. The number of allylic oxidation sites excluding steroid dienone is 2. The molecular formula is C43H50N6O4. The van der Waals surface area contributed by atoms with Crippen molar-refractivity contribution < 1.29 is 19.1 Å². The molecule has 4 aromatic rings. The van der Waals surface area contributed by atoms with Gasteiger partial charge in [-0.2, -0.15) is 0 Å². The number of hydrogen-bond donors (Lipinski definition) is 0. The Morgan fingerprint density at radius 1 is 0.642 bits per heavy atom. The van der Waals surface area contributed by atoms with Crippen LogP contribution in [0.25, 0.3) is 5.57 Å². The number of benzene rings is 3. The van der Waals surface area contributed by atoms with E-state index in [1.54, 1.807) is 38.5 Å². The molecule has 2 fully saturated rings. The van der Waals surface area contributed by atoms with Crippen LogP contribution < -0.4 is 19.3 Å². The van der Waals surface area contributed by atoms with Crippen LogP contribution in [0.15, 0.2) is 97.2 Å². The van der Waals surface area contributed by atoms with Gasteiger partial charge < -0.3 is 19.3 Å². The average molecular weight is 715 g/mol. The molecular weight excluding hydrogens is 665 g/mol. The first-order chi connectivity index (χ1) is 26.0. The molecule has 0 atom stereocenters. The molecule has 1 aromatic heterocycles. The fourth-order valence-electron chi connectivity index (χ4n) is 7.88. The lowest BCUT2D eigenvalue weighted by Crippen LogP contribution is -2.51. The number of pyridine rings is 1. The summed E-state index contributed by atoms with van der Waals surface area (Å²) in [5, 5.41) is 0. The molecule has 0 spiro atoms. The van der Waals surface area contributed by atoms with E-state index in [0.29, 0.717) is 17.8 Å². The number of rotatable bonds is 10. The van der Waals surface area contributed by atoms with Crippen LogP contribution in [-0.2, 0) is 6.42 Å². The first-order valence-corrected chi connectivity index (χ1v) is 18.8. The van der Waals surface area contributed by atoms with Crippen LogP contribution in [0.2, 0.25) is 0 Å². The van der Waals surface area contributed by atoms with Crippen molar-refractivity contribution in [1.82, 2.24) is 19.7 Å². The monoisotopic (exact) mass is 714 g/mol. The van der Waals surface area contributed by atoms with Crippen LogP contribution in [0.5, 0.6) is 11.5 Å². The van der Waals surface area contributed by atoms with Crippen molar-refractivity contribution in [2.75, 3.05) is 89.6 Å². The van der Waals surface area contributed by atoms with Gasteiger partial charge in [-0.05, 0) is 85.8 Å². The highest BCUT2D eigenvalue weighted by atomic mass is 16.5. The molecule has 0 N–H and O–H groups in total. The number of methoxy groups -OCH3 is 2. The molecule has 0 unspecified atom stereocenters. The molecule has 10 nitrogen and oxygen atoms in total. The maximum Gasteiger partial charge on any atom is 0.262 e. The second-order valence-electron chi connectivity index (χ2n) is 13.9. The largest absolute Gasteiger partial charge is 0.496 e. The number of aromatic nitrogens is 1. The van der Waals surface area contributed by atoms with Crippen molar-refractivity contribution in [2.24, 2.45) is 0 Å². The molecule has 1 aliphatic carbocycles. The molecule has 2 saturated heterocycles. The predicted molar refractivity (Wildman–Crippen MR) is 210 cm³/mol. The van der Waals surface area contributed by atoms with E-state index in [-0.39, 0.29) is 11.8 Å². The summed E-state index contributed by atoms with van der Waals surface area (Å²) in [6.07, 6.45) is 8.91. The van der Waals surface area contributed by atoms with Gasteiger partial charge in [0, 0.05) is 64.1 Å². The zero-order valence-electron chi connectivity index (χ0n) is 31.0. The fraction of sp³-hybridized carbons (Fsp3) is 0.372. The Labute approximate surface area is 313 Å². The normalized spacial score (nSPS) is 17.5. The minimum atomic E-state index is -0.197. The highest BCUT2D eigenvalue weighted by molar-refractivity contribution is 6.21. The van der Waals surface area contributed by atoms with Gasteiger partial charge in [0.05, 0.1) is 37.7 Å². The van der Waals surface area contributed by atoms with E-state index in [0.717, 1.165) is 94.6 Å². The van der Waals surface area contributed by atoms with Gasteiger partial charge in [-0.3, -0.25) is 24.3 Å². The summed E-state index contributed by atoms with van der Waals surface area (Å²) in [7, 11) is 3.45. The Morgan fingerprint density at radius 2 is 1.26 bits per heavy atom. The minimum absolute atomic E-state index is 0.197. The van der Waals surface area contributed by atoms with E-state index < -0.39 is 0 Å². The molecule has 0 radical (unpaired) electrons. The summed E-state index contributed by atoms with van der Waals surface area (Å²) >= 11 is 0. The molecule has 3 aromatic carbocycles. The number of nitrogens with zero attached hydrogens (tertiary/aromatic N) is 6. The first-order valence-electron chi connectivity index (χ1n) is 18.8. The summed E-state index contributed by atoms with van der Waals surface area (Å²) < 4.78 is 11.0. The van der Waals surface area contributed by atoms with Crippen molar-refractivity contribution in [3.63, 3.8) is 0 Å². The van der Waals surface area contributed by atoms with Crippen LogP contribution >= 0.6 is 0 Å². The third kappa shape index (κ3) is 8.24. The van der Waals surface area contributed by atoms with E-state index in [1.807, 2.05) is 30.5 Å². The number of hydrogen-bond acceptors (Lipinski definition) is 9. The first kappa shape index (κ1) is 36.2. The van der Waals surface area contributed by atoms with Gasteiger partial charge in [0.1, 0.15) is 17.3 Å². The van der Waals surface area contributed by atoms with Gasteiger partial charge >= 0.3 is 0 Å². The number of carbonyl (C=O) groups is 2. The molecule has 276 valence electrons. The van der Waals surface area contributed by atoms with E-state index >= 15 is 0 Å². The van der Waals surface area contributed by atoms with Crippen LogP contribution in [0, 0.1) is 0 Å². The number of ether oxygens (including phenoxy) is 2. The number of anilines is 2. The summed E-state index contributed by atoms with van der Waals surface area (Å²) in [6, 6.07) is 27.6. The SMILES string of the molecule is COc1cccc2c1CCC=C2CCCN1CCN(c2ccccn2)CC1.COc1ccccc1N1CCN(CN2C(=O)c3ccccc3C2=O)CC1. The summed E-state index contributed by atoms with van der Waals surface area (Å²) in [5.41, 5.74) is 6.38. The molecule has 3 aliphatic heterocycles. The zero-order chi connectivity index (χ0) is 36.6. The quantitative estimate of drug-likeness (QED) is 0.181. The second kappa shape index (κ2) is 17.1. The maximum atomic E-state index is 12.5. The Kier molecular flexibility index (Phi) is 11.7. The van der Waals surface area contributed by atoms with Crippen molar-refractivity contribution in [3.8, 4) is 11.5 Å². The molecule has 53 heavy (non-hydrogen) atoms. The van der Waals surface area contributed by atoms with Crippen molar-refractivity contribution in [2.45, 2.75) is 25.7 Å². The van der Waals surface area contributed by atoms with Crippen LogP contribution in [0.3, 0.4) is 0 Å². The van der Waals surface area contributed by atoms with E-state index in [9.17, 15) is 9.59 Å². The molecule has 8 rings (SSSR count). The van der Waals surface area contributed by atoms with Crippen molar-refractivity contribution in [1.29, 1.82) is 0 Å². The molecule has 0 bridgehead atoms. The topological polar surface area (TPSA) is 81.7 Å². The molecule has 2 amide bonds. The van der Waals surface area contributed by atoms with Crippen LogP contribution in [-0.4, -0.2) is 111 Å². The second-order valence-corrected chi connectivity index (χ2v) is 13.9. The number of imide groups is 1. The molecule has 0 saturated carbocycles. The standard InChI is InChI=1S/C23H29N3O.C20H21N3O3/c1-27-22-11-5-9-20-19(7-4-10-21(20)22)8-6-14-25-15-17-26(18-16-25)23-12-2-3-13-24-23;1-26-18-9-5-4-8-17(18)22-12-10-21(11-13-22)14-23-19(24)15-6-2-3-7-16(15)20(23)25/h2-3,5,7,9,11-13H,4,6,8,10,14-18H2,1H3;2-9H,10-14H2,1H3. The van der Waals surface area contributed by atoms with Gasteiger partial charge in [-0.1, -0.05) is 48.5 Å². The van der Waals surface area contributed by atoms with Crippen LogP contribution in [0.4, 0.5) is 11.5 Å². The average Bonchev–Trinajstić information content (AvgIpc) is 3.46. The van der Waals surface area contributed by atoms with Crippen molar-refractivity contribution >= 4 is 28.9 Å². The summed E-state index contributed by atoms with van der Waals surface area (Å²) in [5.74, 6) is 2.62. The van der Waals surface area contributed by atoms with E-state index in [4.69, 9.17) is 9.47 Å². The Balaban J connectivity index is 0.000000164. The predicted octanol–water partition coefficient (Wildman–Crippen LogP) is 6.09. The lowest BCUT2D eigenvalue weighted by molar-refractivity contribution is 0.0535. The number of fused-ring (bicyclic) bond motifs is 2. The minimum Gasteiger partial charge on any atom is -0.496 e. The van der Waals surface area contributed by atoms with E-state index in [1.165, 1.54) is 34.6 Å².